The van der Waals surface area contributed by atoms with Gasteiger partial charge in [-0.15, -0.1) is 0 Å². The van der Waals surface area contributed by atoms with Gasteiger partial charge in [-0.2, -0.15) is 0 Å². The van der Waals surface area contributed by atoms with Gasteiger partial charge in [0.2, 0.25) is 0 Å². The minimum Gasteiger partial charge on any atom is -0.447 e. The number of nitrogens with two attached hydrogens (primary N) is 1. The summed E-state index contributed by atoms with van der Waals surface area (Å²) >= 11 is 0. The lowest BCUT2D eigenvalue weighted by molar-refractivity contribution is 0.0297. The highest BCUT2D eigenvalue weighted by molar-refractivity contribution is 6.60. The van der Waals surface area contributed by atoms with Crippen molar-refractivity contribution in [2.24, 2.45) is 5.73 Å². The molecule has 10 heteroatoms. The summed E-state index contributed by atoms with van der Waals surface area (Å²) in [5.41, 5.74) is 5.17. The summed E-state index contributed by atoms with van der Waals surface area (Å²) in [5.74, 6) is 0. The monoisotopic (exact) mass is 382 g/mol. The van der Waals surface area contributed by atoms with E-state index in [1.54, 1.807) is 0 Å². The van der Waals surface area contributed by atoms with E-state index in [0.29, 0.717) is 58.7 Å². The van der Waals surface area contributed by atoms with E-state index in [1.165, 1.54) is 0 Å². The van der Waals surface area contributed by atoms with Crippen molar-refractivity contribution in [3.8, 4) is 0 Å². The fourth-order valence-electron chi connectivity index (χ4n) is 2.04. The highest BCUT2D eigenvalue weighted by Gasteiger charge is 2.39. The molecule has 0 rings (SSSR count). The van der Waals surface area contributed by atoms with Crippen molar-refractivity contribution in [1.29, 1.82) is 0 Å². The van der Waals surface area contributed by atoms with Gasteiger partial charge in [0.05, 0.1) is 26.6 Å². The number of ether oxygens (including phenoxy) is 3. The lowest BCUT2D eigenvalue weighted by Gasteiger charge is -2.28. The summed E-state index contributed by atoms with van der Waals surface area (Å²) in [6.45, 7) is 9.34. The number of hydrogen-bond donors (Lipinski definition) is 2. The molecule has 3 N–H and O–H groups in total. The zero-order valence-electron chi connectivity index (χ0n) is 15.7. The summed E-state index contributed by atoms with van der Waals surface area (Å²) in [5, 5.41) is 2.69. The molecule has 9 nitrogen and oxygen atoms in total. The van der Waals surface area contributed by atoms with Gasteiger partial charge in [-0.3, -0.25) is 0 Å². The van der Waals surface area contributed by atoms with Crippen LogP contribution >= 0.6 is 0 Å². The minimum atomic E-state index is -2.65. The normalized spacial score (nSPS) is 11.5. The second kappa shape index (κ2) is 16.7. The standard InChI is InChI=1S/C15H34N2O7Si/c1-4-22-25(23-5-2,24-6-3)13-7-8-17-15(18)21-12-11-19-9-10-20-14-16/h4-14,16H2,1-3H3,(H,17,18). The molecule has 0 aromatic carbocycles. The molecule has 0 atom stereocenters. The van der Waals surface area contributed by atoms with Crippen LogP contribution in [-0.2, 0) is 27.5 Å². The molecule has 150 valence electrons. The van der Waals surface area contributed by atoms with Crippen LogP contribution in [0.25, 0.3) is 0 Å². The largest absolute Gasteiger partial charge is 0.500 e. The fourth-order valence-corrected chi connectivity index (χ4v) is 4.66. The lowest BCUT2D eigenvalue weighted by atomic mass is 10.5. The smallest absolute Gasteiger partial charge is 0.447 e. The second-order valence-corrected chi connectivity index (χ2v) is 7.57. The van der Waals surface area contributed by atoms with Crippen LogP contribution < -0.4 is 11.1 Å². The number of nitrogens with one attached hydrogen (secondary N) is 1. The number of carbonyl (C=O) groups excluding carboxylic acids is 1. The Balaban J connectivity index is 3.83. The molecule has 0 spiro atoms. The van der Waals surface area contributed by atoms with E-state index in [9.17, 15) is 4.79 Å². The number of rotatable bonds is 17. The summed E-state index contributed by atoms with van der Waals surface area (Å²) in [7, 11) is -2.65. The van der Waals surface area contributed by atoms with Crippen LogP contribution in [0.3, 0.4) is 0 Å². The number of carbonyl (C=O) groups is 1. The van der Waals surface area contributed by atoms with Gasteiger partial charge in [-0.25, -0.2) is 4.79 Å². The summed E-state index contributed by atoms with van der Waals surface area (Å²) in [6, 6.07) is 0.646. The van der Waals surface area contributed by atoms with E-state index in [0.717, 1.165) is 0 Å². The highest BCUT2D eigenvalue weighted by atomic mass is 28.4. The van der Waals surface area contributed by atoms with E-state index < -0.39 is 14.9 Å². The Hall–Kier alpha value is -0.753. The van der Waals surface area contributed by atoms with Crippen molar-refractivity contribution in [2.45, 2.75) is 33.2 Å². The van der Waals surface area contributed by atoms with E-state index in [2.05, 4.69) is 5.32 Å². The molecule has 0 bridgehead atoms. The highest BCUT2D eigenvalue weighted by Crippen LogP contribution is 2.17. The van der Waals surface area contributed by atoms with Gasteiger partial charge >= 0.3 is 14.9 Å². The molecule has 0 saturated heterocycles. The van der Waals surface area contributed by atoms with Gasteiger partial charge in [0.1, 0.15) is 6.61 Å². The molecule has 1 amide bonds. The van der Waals surface area contributed by atoms with Crippen molar-refractivity contribution in [3.63, 3.8) is 0 Å². The Kier molecular flexibility index (Phi) is 16.2. The predicted molar refractivity (Wildman–Crippen MR) is 95.2 cm³/mol. The molecule has 0 aliphatic carbocycles. The Bertz CT molecular complexity index is 307. The van der Waals surface area contributed by atoms with Gasteiger partial charge < -0.3 is 38.5 Å². The molecule has 25 heavy (non-hydrogen) atoms. The van der Waals surface area contributed by atoms with Gasteiger partial charge in [0.25, 0.3) is 0 Å². The van der Waals surface area contributed by atoms with Crippen LogP contribution in [0.15, 0.2) is 0 Å². The van der Waals surface area contributed by atoms with Crippen molar-refractivity contribution in [3.05, 3.63) is 0 Å². The van der Waals surface area contributed by atoms with Crippen molar-refractivity contribution in [2.75, 3.05) is 59.5 Å². The Morgan fingerprint density at radius 2 is 1.48 bits per heavy atom. The molecule has 0 aromatic heterocycles. The molecule has 0 radical (unpaired) electrons. The Labute approximate surface area is 151 Å². The molecular formula is C15H34N2O7Si. The zero-order chi connectivity index (χ0) is 18.8. The molecular weight excluding hydrogens is 348 g/mol. The van der Waals surface area contributed by atoms with E-state index in [4.69, 9.17) is 33.2 Å². The fraction of sp³-hybridized carbons (Fsp3) is 0.933. The van der Waals surface area contributed by atoms with Crippen molar-refractivity contribution in [1.82, 2.24) is 5.32 Å². The van der Waals surface area contributed by atoms with Gasteiger partial charge in [0, 0.05) is 32.4 Å². The van der Waals surface area contributed by atoms with Crippen LogP contribution in [0.1, 0.15) is 27.2 Å². The first-order valence-corrected chi connectivity index (χ1v) is 10.7. The molecule has 0 fully saturated rings. The molecule has 0 aliphatic heterocycles. The van der Waals surface area contributed by atoms with Gasteiger partial charge in [-0.05, 0) is 27.2 Å². The molecule has 0 unspecified atom stereocenters. The summed E-state index contributed by atoms with van der Waals surface area (Å²) in [4.78, 5) is 11.6. The van der Waals surface area contributed by atoms with Crippen molar-refractivity contribution >= 4 is 14.9 Å². The van der Waals surface area contributed by atoms with Crippen LogP contribution in [0.5, 0.6) is 0 Å². The summed E-state index contributed by atoms with van der Waals surface area (Å²) in [6.07, 6.45) is 0.215. The maximum atomic E-state index is 11.6. The third kappa shape index (κ3) is 13.2. The maximum Gasteiger partial charge on any atom is 0.500 e. The predicted octanol–water partition coefficient (Wildman–Crippen LogP) is 1.10. The quantitative estimate of drug-likeness (QED) is 0.219. The minimum absolute atomic E-state index is 0.169. The molecule has 0 aliphatic rings. The van der Waals surface area contributed by atoms with Crippen LogP contribution in [0.4, 0.5) is 4.79 Å². The SMILES string of the molecule is CCO[Si](CCCNC(=O)OCCOCCOCN)(OCC)OCC. The molecule has 0 heterocycles. The van der Waals surface area contributed by atoms with E-state index in [1.807, 2.05) is 20.8 Å². The van der Waals surface area contributed by atoms with Crippen LogP contribution in [0, 0.1) is 0 Å². The van der Waals surface area contributed by atoms with Gasteiger partial charge in [0.15, 0.2) is 0 Å². The third-order valence-electron chi connectivity index (χ3n) is 2.97. The average Bonchev–Trinajstić information content (AvgIpc) is 2.59. The first-order chi connectivity index (χ1) is 12.1. The molecule has 0 aromatic rings. The summed E-state index contributed by atoms with van der Waals surface area (Å²) < 4.78 is 32.4. The first kappa shape index (κ1) is 24.2. The first-order valence-electron chi connectivity index (χ1n) is 8.82. The number of amides is 1. The van der Waals surface area contributed by atoms with Crippen LogP contribution in [0.2, 0.25) is 6.04 Å². The third-order valence-corrected chi connectivity index (χ3v) is 6.12. The topological polar surface area (TPSA) is 111 Å². The van der Waals surface area contributed by atoms with E-state index >= 15 is 0 Å². The van der Waals surface area contributed by atoms with Crippen LogP contribution in [-0.4, -0.2) is 74.4 Å². The average molecular weight is 383 g/mol. The lowest BCUT2D eigenvalue weighted by Crippen LogP contribution is -2.46. The molecule has 0 saturated carbocycles. The maximum absolute atomic E-state index is 11.6. The van der Waals surface area contributed by atoms with Gasteiger partial charge in [-0.1, -0.05) is 0 Å². The Morgan fingerprint density at radius 3 is 2.04 bits per heavy atom. The number of alkyl carbamates (subject to hydrolysis) is 1. The zero-order valence-corrected chi connectivity index (χ0v) is 16.7. The van der Waals surface area contributed by atoms with E-state index in [-0.39, 0.29) is 13.3 Å². The Morgan fingerprint density at radius 1 is 0.920 bits per heavy atom. The van der Waals surface area contributed by atoms with Crippen molar-refractivity contribution < 1.29 is 32.3 Å². The second-order valence-electron chi connectivity index (χ2n) is 4.84. The number of hydrogen-bond acceptors (Lipinski definition) is 8.